The van der Waals surface area contributed by atoms with Crippen molar-refractivity contribution < 1.29 is 5.11 Å². The second-order valence-corrected chi connectivity index (χ2v) is 3.70. The van der Waals surface area contributed by atoms with Crippen LogP contribution in [-0.2, 0) is 0 Å². The van der Waals surface area contributed by atoms with Crippen molar-refractivity contribution in [2.45, 2.75) is 19.4 Å². The van der Waals surface area contributed by atoms with Gasteiger partial charge in [0.2, 0.25) is 11.9 Å². The van der Waals surface area contributed by atoms with Crippen LogP contribution in [0.5, 0.6) is 0 Å². The van der Waals surface area contributed by atoms with Crippen molar-refractivity contribution in [1.29, 1.82) is 0 Å². The summed E-state index contributed by atoms with van der Waals surface area (Å²) in [4.78, 5) is 16.1. The molecule has 0 fully saturated rings. The van der Waals surface area contributed by atoms with E-state index in [0.717, 1.165) is 6.42 Å². The van der Waals surface area contributed by atoms with E-state index in [9.17, 15) is 0 Å². The first-order valence-corrected chi connectivity index (χ1v) is 5.72. The average Bonchev–Trinajstić information content (AvgIpc) is 2.98. The number of anilines is 2. The van der Waals surface area contributed by atoms with E-state index < -0.39 is 0 Å². The van der Waals surface area contributed by atoms with Crippen molar-refractivity contribution in [3.8, 4) is 5.95 Å². The zero-order valence-electron chi connectivity index (χ0n) is 10.4. The number of hydrogen-bond acceptors (Lipinski definition) is 9. The van der Waals surface area contributed by atoms with Crippen molar-refractivity contribution in [3.63, 3.8) is 0 Å². The van der Waals surface area contributed by atoms with Gasteiger partial charge in [0.1, 0.15) is 12.7 Å². The highest BCUT2D eigenvalue weighted by Gasteiger charge is 2.11. The molecule has 19 heavy (non-hydrogen) atoms. The first-order valence-electron chi connectivity index (χ1n) is 5.72. The fourth-order valence-electron chi connectivity index (χ4n) is 1.37. The summed E-state index contributed by atoms with van der Waals surface area (Å²) in [5.41, 5.74) is 2.35. The van der Waals surface area contributed by atoms with Gasteiger partial charge < -0.3 is 10.4 Å². The predicted octanol–water partition coefficient (Wildman–Crippen LogP) is -1.08. The number of nitrogens with zero attached hydrogens (tertiary/aromatic N) is 6. The van der Waals surface area contributed by atoms with Gasteiger partial charge in [-0.15, -0.1) is 0 Å². The van der Waals surface area contributed by atoms with Crippen molar-refractivity contribution in [2.24, 2.45) is 5.84 Å². The van der Waals surface area contributed by atoms with Gasteiger partial charge in [-0.2, -0.15) is 24.7 Å². The Morgan fingerprint density at radius 2 is 2.16 bits per heavy atom. The van der Waals surface area contributed by atoms with Crippen LogP contribution in [0.4, 0.5) is 11.9 Å². The average molecular weight is 265 g/mol. The molecule has 0 aliphatic carbocycles. The third-order valence-electron chi connectivity index (χ3n) is 2.42. The lowest BCUT2D eigenvalue weighted by Crippen LogP contribution is -2.25. The van der Waals surface area contributed by atoms with E-state index in [1.807, 2.05) is 6.92 Å². The second kappa shape index (κ2) is 6.02. The van der Waals surface area contributed by atoms with Crippen LogP contribution < -0.4 is 16.6 Å². The van der Waals surface area contributed by atoms with E-state index >= 15 is 0 Å². The summed E-state index contributed by atoms with van der Waals surface area (Å²) in [6, 6.07) is -0.142. The molecular formula is C9H15N9O. The molecule has 0 bridgehead atoms. The van der Waals surface area contributed by atoms with Gasteiger partial charge in [0, 0.05) is 0 Å². The van der Waals surface area contributed by atoms with Gasteiger partial charge >= 0.3 is 0 Å². The zero-order valence-corrected chi connectivity index (χ0v) is 10.4. The quantitative estimate of drug-likeness (QED) is 0.379. The molecule has 0 aromatic carbocycles. The molecule has 102 valence electrons. The Hall–Kier alpha value is -2.33. The van der Waals surface area contributed by atoms with Crippen LogP contribution in [-0.4, -0.2) is 47.5 Å². The highest BCUT2D eigenvalue weighted by Crippen LogP contribution is 2.09. The lowest BCUT2D eigenvalue weighted by atomic mass is 10.2. The summed E-state index contributed by atoms with van der Waals surface area (Å²) < 4.78 is 1.38. The van der Waals surface area contributed by atoms with Gasteiger partial charge in [-0.1, -0.05) is 6.92 Å². The minimum atomic E-state index is -0.142. The molecule has 2 heterocycles. The summed E-state index contributed by atoms with van der Waals surface area (Å²) in [6.45, 7) is 1.92. The van der Waals surface area contributed by atoms with Crippen molar-refractivity contribution in [3.05, 3.63) is 12.7 Å². The van der Waals surface area contributed by atoms with Crippen molar-refractivity contribution in [2.75, 3.05) is 17.3 Å². The van der Waals surface area contributed by atoms with Gasteiger partial charge in [-0.05, 0) is 6.42 Å². The van der Waals surface area contributed by atoms with Crippen molar-refractivity contribution in [1.82, 2.24) is 29.7 Å². The first-order chi connectivity index (χ1) is 9.26. The molecular weight excluding hydrogens is 250 g/mol. The Morgan fingerprint density at radius 3 is 2.74 bits per heavy atom. The molecule has 0 spiro atoms. The number of aliphatic hydroxyl groups excluding tert-OH is 1. The molecule has 1 unspecified atom stereocenters. The largest absolute Gasteiger partial charge is 0.394 e. The molecule has 0 aliphatic heterocycles. The van der Waals surface area contributed by atoms with Gasteiger partial charge in [0.15, 0.2) is 0 Å². The molecule has 2 rings (SSSR count). The maximum atomic E-state index is 9.17. The van der Waals surface area contributed by atoms with Crippen LogP contribution >= 0.6 is 0 Å². The summed E-state index contributed by atoms with van der Waals surface area (Å²) in [5, 5.41) is 16.1. The lowest BCUT2D eigenvalue weighted by Gasteiger charge is -2.14. The smallest absolute Gasteiger partial charge is 0.258 e. The highest BCUT2D eigenvalue weighted by atomic mass is 16.3. The van der Waals surface area contributed by atoms with Gasteiger partial charge in [-0.25, -0.2) is 10.8 Å². The van der Waals surface area contributed by atoms with Gasteiger partial charge in [0.25, 0.3) is 5.95 Å². The number of hydrazine groups is 1. The van der Waals surface area contributed by atoms with E-state index in [0.29, 0.717) is 5.95 Å². The summed E-state index contributed by atoms with van der Waals surface area (Å²) in [5.74, 6) is 6.08. The first kappa shape index (κ1) is 13.1. The Bertz CT molecular complexity index is 510. The van der Waals surface area contributed by atoms with Crippen LogP contribution in [0.1, 0.15) is 13.3 Å². The Labute approximate surface area is 109 Å². The number of rotatable bonds is 6. The minimum Gasteiger partial charge on any atom is -0.394 e. The normalized spacial score (nSPS) is 12.2. The van der Waals surface area contributed by atoms with Gasteiger partial charge in [0.05, 0.1) is 12.6 Å². The third kappa shape index (κ3) is 3.11. The number of aromatic nitrogens is 6. The molecule has 2 aromatic heterocycles. The lowest BCUT2D eigenvalue weighted by molar-refractivity contribution is 0.271. The zero-order chi connectivity index (χ0) is 13.7. The number of nitrogens with two attached hydrogens (primary N) is 1. The summed E-state index contributed by atoms with van der Waals surface area (Å²) in [6.07, 6.45) is 3.56. The highest BCUT2D eigenvalue weighted by molar-refractivity contribution is 5.37. The van der Waals surface area contributed by atoms with E-state index in [-0.39, 0.29) is 24.5 Å². The third-order valence-corrected chi connectivity index (χ3v) is 2.42. The minimum absolute atomic E-state index is 0.0216. The summed E-state index contributed by atoms with van der Waals surface area (Å²) in [7, 11) is 0. The molecule has 5 N–H and O–H groups in total. The monoisotopic (exact) mass is 265 g/mol. The van der Waals surface area contributed by atoms with E-state index in [4.69, 9.17) is 10.9 Å². The van der Waals surface area contributed by atoms with Crippen LogP contribution in [0.25, 0.3) is 5.95 Å². The van der Waals surface area contributed by atoms with E-state index in [1.54, 1.807) is 0 Å². The molecule has 1 atom stereocenters. The predicted molar refractivity (Wildman–Crippen MR) is 67.3 cm³/mol. The molecule has 10 heteroatoms. The maximum absolute atomic E-state index is 9.17. The molecule has 0 radical (unpaired) electrons. The maximum Gasteiger partial charge on any atom is 0.258 e. The standard InChI is InChI=1S/C9H15N9O/c1-2-6(3-19)13-7-14-8(17-10)16-9(15-7)18-5-11-4-12-18/h4-6,19H,2-3,10H2,1H3,(H2,13,14,15,16,17). The number of aliphatic hydroxyl groups is 1. The molecule has 0 saturated heterocycles. The Balaban J connectivity index is 2.31. The second-order valence-electron chi connectivity index (χ2n) is 3.70. The fraction of sp³-hybridized carbons (Fsp3) is 0.444. The van der Waals surface area contributed by atoms with Crippen LogP contribution in [0, 0.1) is 0 Å². The van der Waals surface area contributed by atoms with E-state index in [2.05, 4.69) is 35.8 Å². The SMILES string of the molecule is CCC(CO)Nc1nc(NN)nc(-n2cncn2)n1. The van der Waals surface area contributed by atoms with Crippen LogP contribution in [0.2, 0.25) is 0 Å². The molecule has 2 aromatic rings. The molecule has 10 nitrogen and oxygen atoms in total. The summed E-state index contributed by atoms with van der Waals surface area (Å²) >= 11 is 0. The number of nitrogens with one attached hydrogen (secondary N) is 2. The molecule has 0 amide bonds. The molecule has 0 aliphatic rings. The number of nitrogen functional groups attached to an aromatic ring is 1. The Kier molecular flexibility index (Phi) is 4.15. The fourth-order valence-corrected chi connectivity index (χ4v) is 1.37. The Morgan fingerprint density at radius 1 is 1.37 bits per heavy atom. The van der Waals surface area contributed by atoms with Crippen LogP contribution in [0.15, 0.2) is 12.7 Å². The van der Waals surface area contributed by atoms with Crippen LogP contribution in [0.3, 0.4) is 0 Å². The molecule has 0 saturated carbocycles. The van der Waals surface area contributed by atoms with E-state index in [1.165, 1.54) is 17.3 Å². The topological polar surface area (TPSA) is 140 Å². The van der Waals surface area contributed by atoms with Crippen molar-refractivity contribution >= 4 is 11.9 Å². The van der Waals surface area contributed by atoms with Gasteiger partial charge in [-0.3, -0.25) is 5.43 Å². The number of hydrogen-bond donors (Lipinski definition) is 4.